The molecule has 0 unspecified atom stereocenters. The normalized spacial score (nSPS) is 10.7. The molecule has 5 nitrogen and oxygen atoms in total. The van der Waals surface area contributed by atoms with Crippen LogP contribution in [-0.4, -0.2) is 25.1 Å². The highest BCUT2D eigenvalue weighted by Gasteiger charge is 2.06. The Bertz CT molecular complexity index is 781. The zero-order chi connectivity index (χ0) is 18.2. The average molecular weight is 339 g/mol. The third-order valence-corrected chi connectivity index (χ3v) is 3.21. The van der Waals surface area contributed by atoms with Crippen LogP contribution in [0.25, 0.3) is 6.08 Å². The van der Waals surface area contributed by atoms with Crippen LogP contribution in [0.2, 0.25) is 0 Å². The quantitative estimate of drug-likeness (QED) is 0.640. The van der Waals surface area contributed by atoms with Crippen molar-refractivity contribution in [2.45, 2.75) is 20.0 Å². The van der Waals surface area contributed by atoms with Crippen molar-refractivity contribution in [3.05, 3.63) is 65.7 Å². The number of benzene rings is 2. The number of rotatable bonds is 6. The second-order valence-electron chi connectivity index (χ2n) is 5.63. The maximum atomic E-state index is 12.1. The van der Waals surface area contributed by atoms with Crippen LogP contribution in [0.3, 0.4) is 0 Å². The number of amides is 1. The van der Waals surface area contributed by atoms with Crippen molar-refractivity contribution < 1.29 is 19.1 Å². The predicted molar refractivity (Wildman–Crippen MR) is 97.7 cm³/mol. The van der Waals surface area contributed by atoms with Crippen LogP contribution in [0.4, 0.5) is 5.69 Å². The van der Waals surface area contributed by atoms with E-state index in [2.05, 4.69) is 10.1 Å². The SMILES string of the molecule is COC(=O)c1cccc(NC(=O)/C=C/c2cccc(OC(C)C)c2)c1. The summed E-state index contributed by atoms with van der Waals surface area (Å²) in [4.78, 5) is 23.6. The Labute approximate surface area is 147 Å². The van der Waals surface area contributed by atoms with Crippen molar-refractivity contribution in [3.8, 4) is 5.75 Å². The Morgan fingerprint density at radius 3 is 2.56 bits per heavy atom. The van der Waals surface area contributed by atoms with Gasteiger partial charge in [-0.05, 0) is 55.8 Å². The van der Waals surface area contributed by atoms with E-state index in [0.717, 1.165) is 11.3 Å². The van der Waals surface area contributed by atoms with Crippen molar-refractivity contribution in [1.29, 1.82) is 0 Å². The van der Waals surface area contributed by atoms with E-state index in [1.807, 2.05) is 38.1 Å². The minimum Gasteiger partial charge on any atom is -0.491 e. The number of carbonyl (C=O) groups excluding carboxylic acids is 2. The van der Waals surface area contributed by atoms with Crippen molar-refractivity contribution in [2.24, 2.45) is 0 Å². The van der Waals surface area contributed by atoms with Crippen LogP contribution in [-0.2, 0) is 9.53 Å². The minimum atomic E-state index is -0.450. The molecule has 0 atom stereocenters. The Morgan fingerprint density at radius 2 is 1.84 bits per heavy atom. The molecule has 1 N–H and O–H groups in total. The third kappa shape index (κ3) is 5.80. The molecule has 0 heterocycles. The molecule has 0 aromatic heterocycles. The lowest BCUT2D eigenvalue weighted by atomic mass is 10.2. The summed E-state index contributed by atoms with van der Waals surface area (Å²) in [5.74, 6) is 0.00847. The molecule has 0 spiro atoms. The first-order valence-electron chi connectivity index (χ1n) is 7.92. The summed E-state index contributed by atoms with van der Waals surface area (Å²) in [5.41, 5.74) is 1.76. The van der Waals surface area contributed by atoms with E-state index >= 15 is 0 Å². The van der Waals surface area contributed by atoms with Crippen LogP contribution in [0.1, 0.15) is 29.8 Å². The molecule has 2 aromatic carbocycles. The molecule has 0 fully saturated rings. The third-order valence-electron chi connectivity index (χ3n) is 3.21. The van der Waals surface area contributed by atoms with Crippen molar-refractivity contribution in [2.75, 3.05) is 12.4 Å². The second-order valence-corrected chi connectivity index (χ2v) is 5.63. The number of methoxy groups -OCH3 is 1. The fourth-order valence-corrected chi connectivity index (χ4v) is 2.16. The molecule has 2 aromatic rings. The van der Waals surface area contributed by atoms with E-state index in [0.29, 0.717) is 11.3 Å². The maximum Gasteiger partial charge on any atom is 0.337 e. The molecule has 2 rings (SSSR count). The summed E-state index contributed by atoms with van der Waals surface area (Å²) in [6.07, 6.45) is 3.22. The molecule has 0 aliphatic rings. The molecule has 0 aliphatic carbocycles. The first-order chi connectivity index (χ1) is 12.0. The summed E-state index contributed by atoms with van der Waals surface area (Å²) in [6, 6.07) is 14.1. The maximum absolute atomic E-state index is 12.1. The number of anilines is 1. The summed E-state index contributed by atoms with van der Waals surface area (Å²) >= 11 is 0. The van der Waals surface area contributed by atoms with Gasteiger partial charge in [0.2, 0.25) is 5.91 Å². The number of hydrogen-bond acceptors (Lipinski definition) is 4. The van der Waals surface area contributed by atoms with Crippen LogP contribution >= 0.6 is 0 Å². The van der Waals surface area contributed by atoms with E-state index in [4.69, 9.17) is 4.74 Å². The van der Waals surface area contributed by atoms with Gasteiger partial charge in [-0.2, -0.15) is 0 Å². The molecule has 0 saturated heterocycles. The van der Waals surface area contributed by atoms with Gasteiger partial charge in [-0.3, -0.25) is 4.79 Å². The Kier molecular flexibility index (Phi) is 6.34. The van der Waals surface area contributed by atoms with E-state index in [-0.39, 0.29) is 12.0 Å². The summed E-state index contributed by atoms with van der Waals surface area (Å²) in [6.45, 7) is 3.91. The molecular weight excluding hydrogens is 318 g/mol. The standard InChI is InChI=1S/C20H21NO4/c1-14(2)25-18-9-4-6-15(12-18)10-11-19(22)21-17-8-5-7-16(13-17)20(23)24-3/h4-14H,1-3H3,(H,21,22)/b11-10+. The lowest BCUT2D eigenvalue weighted by Gasteiger charge is -2.09. The Morgan fingerprint density at radius 1 is 1.08 bits per heavy atom. The number of nitrogens with one attached hydrogen (secondary N) is 1. The predicted octanol–water partition coefficient (Wildman–Crippen LogP) is 3.91. The summed E-state index contributed by atoms with van der Waals surface area (Å²) in [7, 11) is 1.31. The largest absolute Gasteiger partial charge is 0.491 e. The van der Waals surface area contributed by atoms with Crippen LogP contribution in [0, 0.1) is 0 Å². The van der Waals surface area contributed by atoms with Crippen molar-refractivity contribution in [3.63, 3.8) is 0 Å². The summed E-state index contributed by atoms with van der Waals surface area (Å²) < 4.78 is 10.3. The average Bonchev–Trinajstić information content (AvgIpc) is 2.59. The zero-order valence-corrected chi connectivity index (χ0v) is 14.5. The first kappa shape index (κ1) is 18.3. The number of esters is 1. The van der Waals surface area contributed by atoms with Gasteiger partial charge in [0.05, 0.1) is 18.8 Å². The highest BCUT2D eigenvalue weighted by Crippen LogP contribution is 2.16. The monoisotopic (exact) mass is 339 g/mol. The van der Waals surface area contributed by atoms with Crippen LogP contribution in [0.5, 0.6) is 5.75 Å². The molecule has 1 amide bonds. The second kappa shape index (κ2) is 8.68. The van der Waals surface area contributed by atoms with Gasteiger partial charge in [-0.25, -0.2) is 4.79 Å². The van der Waals surface area contributed by atoms with Crippen molar-refractivity contribution >= 4 is 23.6 Å². The molecule has 25 heavy (non-hydrogen) atoms. The van der Waals surface area contributed by atoms with E-state index in [1.165, 1.54) is 13.2 Å². The molecular formula is C20H21NO4. The summed E-state index contributed by atoms with van der Waals surface area (Å²) in [5, 5.41) is 2.71. The molecule has 130 valence electrons. The van der Waals surface area contributed by atoms with Gasteiger partial charge in [0.15, 0.2) is 0 Å². The highest BCUT2D eigenvalue weighted by atomic mass is 16.5. The van der Waals surface area contributed by atoms with Gasteiger partial charge in [-0.15, -0.1) is 0 Å². The Hall–Kier alpha value is -3.08. The van der Waals surface area contributed by atoms with Gasteiger partial charge in [0.1, 0.15) is 5.75 Å². The minimum absolute atomic E-state index is 0.0876. The van der Waals surface area contributed by atoms with Gasteiger partial charge in [0.25, 0.3) is 0 Å². The highest BCUT2D eigenvalue weighted by molar-refractivity contribution is 6.02. The number of hydrogen-bond donors (Lipinski definition) is 1. The van der Waals surface area contributed by atoms with E-state index < -0.39 is 5.97 Å². The lowest BCUT2D eigenvalue weighted by Crippen LogP contribution is -2.09. The molecule has 0 radical (unpaired) electrons. The van der Waals surface area contributed by atoms with Crippen molar-refractivity contribution in [1.82, 2.24) is 0 Å². The van der Waals surface area contributed by atoms with Gasteiger partial charge in [0, 0.05) is 11.8 Å². The molecule has 0 saturated carbocycles. The smallest absolute Gasteiger partial charge is 0.337 e. The molecule has 0 bridgehead atoms. The van der Waals surface area contributed by atoms with E-state index in [1.54, 1.807) is 30.3 Å². The van der Waals surface area contributed by atoms with Gasteiger partial charge >= 0.3 is 5.97 Å². The lowest BCUT2D eigenvalue weighted by molar-refractivity contribution is -0.111. The fraction of sp³-hybridized carbons (Fsp3) is 0.200. The molecule has 5 heteroatoms. The van der Waals surface area contributed by atoms with Crippen LogP contribution in [0.15, 0.2) is 54.6 Å². The molecule has 0 aliphatic heterocycles. The topological polar surface area (TPSA) is 64.6 Å². The first-order valence-corrected chi connectivity index (χ1v) is 7.92. The van der Waals surface area contributed by atoms with Gasteiger partial charge in [-0.1, -0.05) is 18.2 Å². The van der Waals surface area contributed by atoms with E-state index in [9.17, 15) is 9.59 Å². The Balaban J connectivity index is 2.02. The van der Waals surface area contributed by atoms with Gasteiger partial charge < -0.3 is 14.8 Å². The number of ether oxygens (including phenoxy) is 2. The van der Waals surface area contributed by atoms with Crippen LogP contribution < -0.4 is 10.1 Å². The zero-order valence-electron chi connectivity index (χ0n) is 14.5. The number of carbonyl (C=O) groups is 2. The fourth-order valence-electron chi connectivity index (χ4n) is 2.16.